The zero-order valence-corrected chi connectivity index (χ0v) is 20.6. The fraction of sp³-hybridized carbons (Fsp3) is 0.692. The summed E-state index contributed by atoms with van der Waals surface area (Å²) in [7, 11) is 1.60. The Hall–Kier alpha value is -2.30. The molecule has 2 fully saturated rings. The molecule has 1 amide bonds. The number of ether oxygens (including phenoxy) is 3. The van der Waals surface area contributed by atoms with Crippen molar-refractivity contribution in [2.24, 2.45) is 5.92 Å². The first-order valence-electron chi connectivity index (χ1n) is 12.2. The van der Waals surface area contributed by atoms with Crippen LogP contribution < -0.4 is 4.90 Å². The van der Waals surface area contributed by atoms with Crippen molar-refractivity contribution in [2.45, 2.75) is 71.1 Å². The molecular weight excluding hydrogens is 418 g/mol. The van der Waals surface area contributed by atoms with Crippen molar-refractivity contribution < 1.29 is 19.0 Å². The largest absolute Gasteiger partial charge is 0.447 e. The lowest BCUT2D eigenvalue weighted by molar-refractivity contribution is -0.0405. The van der Waals surface area contributed by atoms with Crippen LogP contribution in [-0.4, -0.2) is 62.6 Å². The van der Waals surface area contributed by atoms with Crippen molar-refractivity contribution in [2.75, 3.05) is 44.9 Å². The Balaban J connectivity index is 1.65. The molecular formula is C26H37N3O4. The molecule has 3 aliphatic rings. The van der Waals surface area contributed by atoms with E-state index in [2.05, 4.69) is 44.7 Å². The molecule has 7 nitrogen and oxygen atoms in total. The highest BCUT2D eigenvalue weighted by Crippen LogP contribution is 2.47. The lowest BCUT2D eigenvalue weighted by Crippen LogP contribution is -2.57. The fourth-order valence-corrected chi connectivity index (χ4v) is 5.15. The zero-order valence-electron chi connectivity index (χ0n) is 20.6. The number of anilines is 1. The summed E-state index contributed by atoms with van der Waals surface area (Å²) in [5.74, 6) is 0.842. The van der Waals surface area contributed by atoms with Gasteiger partial charge in [0.2, 0.25) is 0 Å². The van der Waals surface area contributed by atoms with Gasteiger partial charge in [-0.2, -0.15) is 5.26 Å². The summed E-state index contributed by atoms with van der Waals surface area (Å²) in [6, 6.07) is 4.81. The number of amides is 1. The standard InChI is InChI=1S/C26H37N3O4/c1-17(2)24-15-28(8-9-29(24)25(30)32-11-10-31-5)23-12-19(18-6-7-18)22-16-33-26(3,4)13-20(22)21(23)14-27/h12,17-18,24H,6-11,13,15-16H2,1-5H3. The first-order chi connectivity index (χ1) is 15.8. The molecule has 1 aromatic carbocycles. The molecule has 0 N–H and O–H groups in total. The number of hydrogen-bond acceptors (Lipinski definition) is 6. The van der Waals surface area contributed by atoms with Crippen molar-refractivity contribution in [3.8, 4) is 6.07 Å². The molecule has 1 aliphatic carbocycles. The molecule has 1 unspecified atom stereocenters. The molecule has 7 heteroatoms. The van der Waals surface area contributed by atoms with Gasteiger partial charge in [0, 0.05) is 33.2 Å². The van der Waals surface area contributed by atoms with Crippen molar-refractivity contribution >= 4 is 11.8 Å². The Morgan fingerprint density at radius 3 is 2.67 bits per heavy atom. The minimum atomic E-state index is -0.283. The van der Waals surface area contributed by atoms with Crippen LogP contribution in [0.1, 0.15) is 68.7 Å². The highest BCUT2D eigenvalue weighted by atomic mass is 16.6. The summed E-state index contributed by atoms with van der Waals surface area (Å²) >= 11 is 0. The Morgan fingerprint density at radius 2 is 2.03 bits per heavy atom. The van der Waals surface area contributed by atoms with Gasteiger partial charge in [0.05, 0.1) is 36.1 Å². The van der Waals surface area contributed by atoms with Crippen LogP contribution in [-0.2, 0) is 27.2 Å². The van der Waals surface area contributed by atoms with Crippen molar-refractivity contribution in [3.05, 3.63) is 28.3 Å². The third-order valence-electron chi connectivity index (χ3n) is 7.18. The van der Waals surface area contributed by atoms with Gasteiger partial charge in [-0.05, 0) is 61.3 Å². The van der Waals surface area contributed by atoms with E-state index in [-0.39, 0.29) is 30.3 Å². The maximum atomic E-state index is 12.7. The molecule has 0 aromatic heterocycles. The highest BCUT2D eigenvalue weighted by Gasteiger charge is 2.38. The molecule has 0 radical (unpaired) electrons. The third-order valence-corrected chi connectivity index (χ3v) is 7.18. The Bertz CT molecular complexity index is 932. The molecule has 180 valence electrons. The normalized spacial score (nSPS) is 22.2. The first kappa shape index (κ1) is 23.8. The van der Waals surface area contributed by atoms with Crippen LogP contribution in [0, 0.1) is 17.2 Å². The van der Waals surface area contributed by atoms with Gasteiger partial charge in [0.25, 0.3) is 0 Å². The van der Waals surface area contributed by atoms with Gasteiger partial charge in [0.15, 0.2) is 0 Å². The van der Waals surface area contributed by atoms with Crippen LogP contribution in [0.4, 0.5) is 10.5 Å². The quantitative estimate of drug-likeness (QED) is 0.598. The number of fused-ring (bicyclic) bond motifs is 1. The lowest BCUT2D eigenvalue weighted by Gasteiger charge is -2.44. The van der Waals surface area contributed by atoms with E-state index in [1.807, 2.05) is 4.90 Å². The predicted octanol–water partition coefficient (Wildman–Crippen LogP) is 4.22. The van der Waals surface area contributed by atoms with Gasteiger partial charge >= 0.3 is 6.09 Å². The fourth-order valence-electron chi connectivity index (χ4n) is 5.15. The number of carbonyl (C=O) groups is 1. The van der Waals surface area contributed by atoms with E-state index in [4.69, 9.17) is 14.2 Å². The molecule has 1 atom stereocenters. The summed E-state index contributed by atoms with van der Waals surface area (Å²) in [4.78, 5) is 16.9. The van der Waals surface area contributed by atoms with E-state index < -0.39 is 0 Å². The Labute approximate surface area is 197 Å². The molecule has 0 bridgehead atoms. The second kappa shape index (κ2) is 9.52. The number of methoxy groups -OCH3 is 1. The van der Waals surface area contributed by atoms with E-state index in [1.54, 1.807) is 7.11 Å². The average molecular weight is 456 g/mol. The van der Waals surface area contributed by atoms with Crippen LogP contribution >= 0.6 is 0 Å². The van der Waals surface area contributed by atoms with E-state index in [0.29, 0.717) is 38.8 Å². The number of carbonyl (C=O) groups excluding carboxylic acids is 1. The maximum absolute atomic E-state index is 12.7. The smallest absolute Gasteiger partial charge is 0.410 e. The van der Waals surface area contributed by atoms with Gasteiger partial charge < -0.3 is 24.0 Å². The van der Waals surface area contributed by atoms with Gasteiger partial charge in [0.1, 0.15) is 12.7 Å². The predicted molar refractivity (Wildman–Crippen MR) is 126 cm³/mol. The SMILES string of the molecule is COCCOC(=O)N1CCN(c2cc(C3CC3)c3c(c2C#N)CC(C)(C)OC3)CC1C(C)C. The second-order valence-corrected chi connectivity index (χ2v) is 10.5. The molecule has 0 spiro atoms. The first-order valence-corrected chi connectivity index (χ1v) is 12.2. The number of hydrogen-bond donors (Lipinski definition) is 0. The Morgan fingerprint density at radius 1 is 1.27 bits per heavy atom. The third kappa shape index (κ3) is 4.97. The average Bonchev–Trinajstić information content (AvgIpc) is 3.62. The summed E-state index contributed by atoms with van der Waals surface area (Å²) < 4.78 is 16.6. The summed E-state index contributed by atoms with van der Waals surface area (Å²) in [6.45, 7) is 11.6. The number of rotatable bonds is 6. The van der Waals surface area contributed by atoms with E-state index in [0.717, 1.165) is 23.2 Å². The van der Waals surface area contributed by atoms with E-state index in [1.165, 1.54) is 24.0 Å². The number of benzene rings is 1. The topological polar surface area (TPSA) is 75.0 Å². The second-order valence-electron chi connectivity index (χ2n) is 10.5. The molecule has 2 aliphatic heterocycles. The van der Waals surface area contributed by atoms with Crippen LogP contribution in [0.2, 0.25) is 0 Å². The van der Waals surface area contributed by atoms with Crippen LogP contribution in [0.5, 0.6) is 0 Å². The van der Waals surface area contributed by atoms with Gasteiger partial charge in [-0.25, -0.2) is 4.79 Å². The number of nitrogens with zero attached hydrogens (tertiary/aromatic N) is 3. The monoisotopic (exact) mass is 455 g/mol. The van der Waals surface area contributed by atoms with Crippen LogP contribution in [0.15, 0.2) is 6.07 Å². The number of piperazine rings is 1. The van der Waals surface area contributed by atoms with Crippen LogP contribution in [0.3, 0.4) is 0 Å². The van der Waals surface area contributed by atoms with Gasteiger partial charge in [-0.1, -0.05) is 13.8 Å². The lowest BCUT2D eigenvalue weighted by atomic mass is 9.83. The van der Waals surface area contributed by atoms with Crippen LogP contribution in [0.25, 0.3) is 0 Å². The minimum absolute atomic E-state index is 0.0144. The summed E-state index contributed by atoms with van der Waals surface area (Å²) in [5, 5.41) is 10.2. The minimum Gasteiger partial charge on any atom is -0.447 e. The maximum Gasteiger partial charge on any atom is 0.410 e. The molecule has 2 heterocycles. The molecule has 1 aromatic rings. The Kier molecular flexibility index (Phi) is 6.88. The molecule has 1 saturated carbocycles. The number of nitriles is 1. The van der Waals surface area contributed by atoms with E-state index in [9.17, 15) is 10.1 Å². The summed E-state index contributed by atoms with van der Waals surface area (Å²) in [5.41, 5.74) is 5.28. The highest BCUT2D eigenvalue weighted by molar-refractivity contribution is 5.71. The van der Waals surface area contributed by atoms with E-state index >= 15 is 0 Å². The van der Waals surface area contributed by atoms with Crippen molar-refractivity contribution in [1.82, 2.24) is 4.90 Å². The van der Waals surface area contributed by atoms with Gasteiger partial charge in [-0.3, -0.25) is 0 Å². The summed E-state index contributed by atoms with van der Waals surface area (Å²) in [6.07, 6.45) is 2.88. The van der Waals surface area contributed by atoms with Crippen molar-refractivity contribution in [1.29, 1.82) is 5.26 Å². The zero-order chi connectivity index (χ0) is 23.8. The van der Waals surface area contributed by atoms with Gasteiger partial charge in [-0.15, -0.1) is 0 Å². The molecule has 33 heavy (non-hydrogen) atoms. The molecule has 4 rings (SSSR count). The van der Waals surface area contributed by atoms with Crippen molar-refractivity contribution in [3.63, 3.8) is 0 Å². The molecule has 1 saturated heterocycles.